The molecule has 1 atom stereocenters. The topological polar surface area (TPSA) is 26.0 Å². The first kappa shape index (κ1) is 13.2. The predicted molar refractivity (Wildman–Crippen MR) is 71.1 cm³/mol. The lowest BCUT2D eigenvalue weighted by Gasteiger charge is -2.12. The first-order valence-electron chi connectivity index (χ1n) is 5.50. The van der Waals surface area contributed by atoms with Gasteiger partial charge in [-0.2, -0.15) is 0 Å². The zero-order valence-corrected chi connectivity index (χ0v) is 11.1. The van der Waals surface area contributed by atoms with Gasteiger partial charge < -0.3 is 5.73 Å². The summed E-state index contributed by atoms with van der Waals surface area (Å²) in [5, 5.41) is 0. The number of benzene rings is 2. The van der Waals surface area contributed by atoms with E-state index in [2.05, 4.69) is 15.9 Å². The van der Waals surface area contributed by atoms with Crippen molar-refractivity contribution in [2.45, 2.75) is 12.5 Å². The molecule has 2 N–H and O–H groups in total. The summed E-state index contributed by atoms with van der Waals surface area (Å²) in [5.41, 5.74) is 7.65. The average molecular weight is 312 g/mol. The van der Waals surface area contributed by atoms with E-state index < -0.39 is 0 Å². The molecular formula is C14H12BrF2N. The van der Waals surface area contributed by atoms with Crippen LogP contribution >= 0.6 is 15.9 Å². The van der Waals surface area contributed by atoms with Crippen molar-refractivity contribution in [1.82, 2.24) is 0 Å². The second kappa shape index (κ2) is 5.59. The van der Waals surface area contributed by atoms with E-state index in [1.165, 1.54) is 24.3 Å². The minimum Gasteiger partial charge on any atom is -0.324 e. The minimum absolute atomic E-state index is 0.278. The monoisotopic (exact) mass is 311 g/mol. The van der Waals surface area contributed by atoms with Crippen molar-refractivity contribution in [3.8, 4) is 0 Å². The molecule has 0 heterocycles. The number of hydrogen-bond acceptors (Lipinski definition) is 1. The zero-order valence-electron chi connectivity index (χ0n) is 9.54. The number of rotatable bonds is 3. The molecule has 2 rings (SSSR count). The molecular weight excluding hydrogens is 300 g/mol. The molecule has 0 spiro atoms. The Labute approximate surface area is 113 Å². The highest BCUT2D eigenvalue weighted by atomic mass is 79.9. The zero-order chi connectivity index (χ0) is 13.1. The first-order valence-corrected chi connectivity index (χ1v) is 6.30. The fourth-order valence-corrected chi connectivity index (χ4v) is 2.32. The highest BCUT2D eigenvalue weighted by molar-refractivity contribution is 9.10. The van der Waals surface area contributed by atoms with Crippen molar-refractivity contribution in [1.29, 1.82) is 0 Å². The summed E-state index contributed by atoms with van der Waals surface area (Å²) < 4.78 is 26.7. The Hall–Kier alpha value is -1.26. The quantitative estimate of drug-likeness (QED) is 0.912. The molecule has 0 aliphatic heterocycles. The van der Waals surface area contributed by atoms with Gasteiger partial charge in [0, 0.05) is 10.5 Å². The molecule has 0 radical (unpaired) electrons. The molecule has 0 fully saturated rings. The summed E-state index contributed by atoms with van der Waals surface area (Å²) in [4.78, 5) is 0. The van der Waals surface area contributed by atoms with E-state index in [1.807, 2.05) is 6.07 Å². The smallest absolute Gasteiger partial charge is 0.124 e. The van der Waals surface area contributed by atoms with Crippen LogP contribution in [0.4, 0.5) is 8.78 Å². The summed E-state index contributed by atoms with van der Waals surface area (Å²) in [5.74, 6) is -0.592. The summed E-state index contributed by atoms with van der Waals surface area (Å²) in [6, 6.07) is 10.4. The second-order valence-electron chi connectivity index (χ2n) is 4.14. The third-order valence-electron chi connectivity index (χ3n) is 2.68. The van der Waals surface area contributed by atoms with E-state index in [0.717, 1.165) is 11.1 Å². The van der Waals surface area contributed by atoms with E-state index in [0.29, 0.717) is 10.9 Å². The van der Waals surface area contributed by atoms with Crippen LogP contribution in [0.3, 0.4) is 0 Å². The molecule has 0 bridgehead atoms. The highest BCUT2D eigenvalue weighted by Gasteiger charge is 2.08. The summed E-state index contributed by atoms with van der Waals surface area (Å²) in [6.07, 6.45) is 0.502. The van der Waals surface area contributed by atoms with Gasteiger partial charge in [0.05, 0.1) is 0 Å². The van der Waals surface area contributed by atoms with Gasteiger partial charge in [-0.05, 0) is 47.9 Å². The third kappa shape index (κ3) is 3.37. The Balaban J connectivity index is 2.15. The van der Waals surface area contributed by atoms with Crippen LogP contribution in [-0.2, 0) is 6.42 Å². The van der Waals surface area contributed by atoms with Gasteiger partial charge in [0.2, 0.25) is 0 Å². The van der Waals surface area contributed by atoms with Gasteiger partial charge in [-0.3, -0.25) is 0 Å². The molecule has 2 aromatic rings. The van der Waals surface area contributed by atoms with Crippen LogP contribution in [-0.4, -0.2) is 0 Å². The molecule has 2 aromatic carbocycles. The molecule has 0 aromatic heterocycles. The van der Waals surface area contributed by atoms with Crippen molar-refractivity contribution in [3.63, 3.8) is 0 Å². The van der Waals surface area contributed by atoms with Crippen LogP contribution in [0.5, 0.6) is 0 Å². The number of halogens is 3. The van der Waals surface area contributed by atoms with Crippen LogP contribution in [0.1, 0.15) is 17.2 Å². The van der Waals surface area contributed by atoms with Crippen molar-refractivity contribution in [2.24, 2.45) is 5.73 Å². The summed E-state index contributed by atoms with van der Waals surface area (Å²) in [6.45, 7) is 0. The van der Waals surface area contributed by atoms with Crippen LogP contribution in [0.2, 0.25) is 0 Å². The van der Waals surface area contributed by atoms with Gasteiger partial charge >= 0.3 is 0 Å². The van der Waals surface area contributed by atoms with Gasteiger partial charge in [-0.15, -0.1) is 0 Å². The largest absolute Gasteiger partial charge is 0.324 e. The lowest BCUT2D eigenvalue weighted by molar-refractivity contribution is 0.619. The maximum absolute atomic E-state index is 13.2. The van der Waals surface area contributed by atoms with E-state index in [4.69, 9.17) is 5.73 Å². The maximum Gasteiger partial charge on any atom is 0.124 e. The molecule has 0 amide bonds. The molecule has 0 saturated carbocycles. The first-order chi connectivity index (χ1) is 8.54. The number of nitrogens with two attached hydrogens (primary N) is 1. The maximum atomic E-state index is 13.2. The Bertz CT molecular complexity index is 520. The van der Waals surface area contributed by atoms with Crippen molar-refractivity contribution >= 4 is 15.9 Å². The van der Waals surface area contributed by atoms with Crippen LogP contribution < -0.4 is 5.73 Å². The molecule has 1 unspecified atom stereocenters. The fraction of sp³-hybridized carbons (Fsp3) is 0.143. The van der Waals surface area contributed by atoms with Crippen molar-refractivity contribution in [2.75, 3.05) is 0 Å². The van der Waals surface area contributed by atoms with Gasteiger partial charge in [-0.25, -0.2) is 8.78 Å². The molecule has 0 saturated heterocycles. The van der Waals surface area contributed by atoms with E-state index >= 15 is 0 Å². The second-order valence-corrected chi connectivity index (χ2v) is 5.06. The lowest BCUT2D eigenvalue weighted by atomic mass is 10.00. The Morgan fingerprint density at radius 2 is 1.67 bits per heavy atom. The molecule has 4 heteroatoms. The Morgan fingerprint density at radius 1 is 1.00 bits per heavy atom. The predicted octanol–water partition coefficient (Wildman–Crippen LogP) is 3.97. The Kier molecular flexibility index (Phi) is 4.09. The van der Waals surface area contributed by atoms with Crippen LogP contribution in [0.25, 0.3) is 0 Å². The van der Waals surface area contributed by atoms with E-state index in [1.54, 1.807) is 12.1 Å². The molecule has 0 aliphatic rings. The van der Waals surface area contributed by atoms with Crippen molar-refractivity contribution in [3.05, 3.63) is 69.7 Å². The SMILES string of the molecule is NC(Cc1cc(F)cc(Br)c1)c1ccc(F)cc1. The standard InChI is InChI=1S/C14H12BrF2N/c15-11-5-9(6-13(17)8-11)7-14(18)10-1-3-12(16)4-2-10/h1-6,8,14H,7,18H2. The van der Waals surface area contributed by atoms with Gasteiger partial charge in [0.25, 0.3) is 0 Å². The average Bonchev–Trinajstić information content (AvgIpc) is 2.28. The van der Waals surface area contributed by atoms with Gasteiger partial charge in [0.1, 0.15) is 11.6 Å². The molecule has 18 heavy (non-hydrogen) atoms. The van der Waals surface area contributed by atoms with E-state index in [9.17, 15) is 8.78 Å². The van der Waals surface area contributed by atoms with Gasteiger partial charge in [0.15, 0.2) is 0 Å². The van der Waals surface area contributed by atoms with Crippen molar-refractivity contribution < 1.29 is 8.78 Å². The van der Waals surface area contributed by atoms with Crippen LogP contribution in [0, 0.1) is 11.6 Å². The minimum atomic E-state index is -0.300. The third-order valence-corrected chi connectivity index (χ3v) is 3.13. The molecule has 1 nitrogen and oxygen atoms in total. The number of hydrogen-bond donors (Lipinski definition) is 1. The highest BCUT2D eigenvalue weighted by Crippen LogP contribution is 2.20. The fourth-order valence-electron chi connectivity index (χ4n) is 1.81. The molecule has 94 valence electrons. The van der Waals surface area contributed by atoms with Gasteiger partial charge in [-0.1, -0.05) is 28.1 Å². The summed E-state index contributed by atoms with van der Waals surface area (Å²) >= 11 is 3.24. The summed E-state index contributed by atoms with van der Waals surface area (Å²) in [7, 11) is 0. The van der Waals surface area contributed by atoms with Crippen LogP contribution in [0.15, 0.2) is 46.9 Å². The lowest BCUT2D eigenvalue weighted by Crippen LogP contribution is -2.13. The van der Waals surface area contributed by atoms with E-state index in [-0.39, 0.29) is 17.7 Å². The molecule has 0 aliphatic carbocycles. The normalized spacial score (nSPS) is 12.4. The Morgan fingerprint density at radius 3 is 2.28 bits per heavy atom.